The van der Waals surface area contributed by atoms with Gasteiger partial charge >= 0.3 is 12.1 Å². The zero-order chi connectivity index (χ0) is 28.2. The van der Waals surface area contributed by atoms with Crippen molar-refractivity contribution >= 4 is 29.7 Å². The van der Waals surface area contributed by atoms with Crippen molar-refractivity contribution in [3.63, 3.8) is 0 Å². The van der Waals surface area contributed by atoms with E-state index >= 15 is 0 Å². The third-order valence-corrected chi connectivity index (χ3v) is 6.09. The number of aliphatic imine (C=N–C) groups is 1. The molecule has 3 aromatic rings. The standard InChI is InChI=1S/C27H30F3N7O2/c1-4-6-7-14-36-25-20(24(35-36)18-8-10-19(11-9-18)27(28,29)30)12-13-32-23(16-22(31)33-25)37-21(15-17(3)34-37)26(38)39-5-2/h8-11,13,15-16H,4-7,12,14H2,1-3H3,(H2,31,33)/b23-16+,32-13-. The Labute approximate surface area is 223 Å². The predicted molar refractivity (Wildman–Crippen MR) is 143 cm³/mol. The normalized spacial score (nSPS) is 15.8. The number of alkyl halides is 3. The number of ether oxygens (including phenoxy) is 1. The maximum absolute atomic E-state index is 13.1. The Morgan fingerprint density at radius 3 is 2.56 bits per heavy atom. The summed E-state index contributed by atoms with van der Waals surface area (Å²) in [6, 6.07) is 6.46. The van der Waals surface area contributed by atoms with Crippen LogP contribution in [0.5, 0.6) is 0 Å². The molecule has 0 fully saturated rings. The molecule has 0 bridgehead atoms. The van der Waals surface area contributed by atoms with Crippen molar-refractivity contribution < 1.29 is 22.7 Å². The van der Waals surface area contributed by atoms with Crippen LogP contribution in [0.2, 0.25) is 0 Å². The van der Waals surface area contributed by atoms with Crippen LogP contribution in [0.25, 0.3) is 17.1 Å². The first-order valence-corrected chi connectivity index (χ1v) is 12.7. The van der Waals surface area contributed by atoms with E-state index in [0.717, 1.165) is 31.4 Å². The summed E-state index contributed by atoms with van der Waals surface area (Å²) in [6.07, 6.45) is 1.71. The van der Waals surface area contributed by atoms with Gasteiger partial charge < -0.3 is 10.1 Å². The molecular formula is C27H30F3N7O2. The van der Waals surface area contributed by atoms with Gasteiger partial charge in [-0.15, -0.1) is 0 Å². The van der Waals surface area contributed by atoms with Crippen LogP contribution in [0.1, 0.15) is 60.4 Å². The highest BCUT2D eigenvalue weighted by atomic mass is 19.4. The van der Waals surface area contributed by atoms with E-state index in [0.29, 0.717) is 34.9 Å². The van der Waals surface area contributed by atoms with E-state index in [1.807, 2.05) is 0 Å². The molecule has 1 aliphatic heterocycles. The van der Waals surface area contributed by atoms with Crippen LogP contribution in [0, 0.1) is 12.3 Å². The summed E-state index contributed by atoms with van der Waals surface area (Å²) >= 11 is 0. The number of carbonyl (C=O) groups is 1. The molecule has 2 N–H and O–H groups in total. The summed E-state index contributed by atoms with van der Waals surface area (Å²) in [4.78, 5) is 17.0. The quantitative estimate of drug-likeness (QED) is 0.270. The van der Waals surface area contributed by atoms with E-state index in [9.17, 15) is 18.0 Å². The molecule has 0 aliphatic carbocycles. The maximum Gasteiger partial charge on any atom is 0.416 e. The number of esters is 1. The second-order valence-corrected chi connectivity index (χ2v) is 9.04. The van der Waals surface area contributed by atoms with Gasteiger partial charge in [0.25, 0.3) is 0 Å². The Morgan fingerprint density at radius 2 is 1.90 bits per heavy atom. The fourth-order valence-electron chi connectivity index (χ4n) is 4.26. The number of hydrogen-bond acceptors (Lipinski definition) is 6. The van der Waals surface area contributed by atoms with Crippen molar-refractivity contribution in [3.05, 3.63) is 58.9 Å². The number of fused-ring (bicyclic) bond motifs is 1. The minimum absolute atomic E-state index is 0.0242. The van der Waals surface area contributed by atoms with Gasteiger partial charge in [-0.1, -0.05) is 31.9 Å². The molecule has 1 aliphatic rings. The van der Waals surface area contributed by atoms with Crippen molar-refractivity contribution in [3.8, 4) is 11.3 Å². The minimum atomic E-state index is -4.44. The summed E-state index contributed by atoms with van der Waals surface area (Å²) in [7, 11) is 0. The smallest absolute Gasteiger partial charge is 0.416 e. The van der Waals surface area contributed by atoms with Crippen LogP contribution >= 0.6 is 0 Å². The van der Waals surface area contributed by atoms with Gasteiger partial charge in [-0.25, -0.2) is 19.2 Å². The number of hydrogen-bond donors (Lipinski definition) is 2. The van der Waals surface area contributed by atoms with Crippen molar-refractivity contribution in [1.29, 1.82) is 5.41 Å². The number of nitrogens with one attached hydrogen (secondary N) is 2. The molecule has 12 heteroatoms. The number of amidine groups is 1. The first-order chi connectivity index (χ1) is 18.6. The monoisotopic (exact) mass is 541 g/mol. The molecule has 1 aromatic carbocycles. The SMILES string of the molecule is CCCCCn1nc(-c2ccc(C(F)(F)F)cc2)c2c1NC(=N)/C=C(n1nc(C)cc1C(=O)OCC)\N=C/C2. The molecule has 2 aromatic heterocycles. The molecule has 0 atom stereocenters. The molecule has 39 heavy (non-hydrogen) atoms. The van der Waals surface area contributed by atoms with E-state index in [1.165, 1.54) is 22.9 Å². The maximum atomic E-state index is 13.1. The Balaban J connectivity index is 1.75. The lowest BCUT2D eigenvalue weighted by Crippen LogP contribution is -2.16. The van der Waals surface area contributed by atoms with Crippen molar-refractivity contribution in [1.82, 2.24) is 19.6 Å². The van der Waals surface area contributed by atoms with E-state index in [-0.39, 0.29) is 30.4 Å². The summed E-state index contributed by atoms with van der Waals surface area (Å²) in [6.45, 7) is 6.29. The second kappa shape index (κ2) is 11.7. The van der Waals surface area contributed by atoms with Gasteiger partial charge in [0, 0.05) is 36.4 Å². The molecule has 9 nitrogen and oxygen atoms in total. The third-order valence-electron chi connectivity index (χ3n) is 6.09. The number of benzene rings is 1. The van der Waals surface area contributed by atoms with E-state index in [1.54, 1.807) is 30.8 Å². The van der Waals surface area contributed by atoms with E-state index in [4.69, 9.17) is 15.2 Å². The number of halogens is 3. The highest BCUT2D eigenvalue weighted by Gasteiger charge is 2.30. The van der Waals surface area contributed by atoms with E-state index < -0.39 is 17.7 Å². The van der Waals surface area contributed by atoms with Crippen LogP contribution in [-0.2, 0) is 23.9 Å². The molecule has 0 spiro atoms. The largest absolute Gasteiger partial charge is 0.461 e. The van der Waals surface area contributed by atoms with Gasteiger partial charge in [-0.3, -0.25) is 5.41 Å². The fraction of sp³-hybridized carbons (Fsp3) is 0.370. The Bertz CT molecular complexity index is 1420. The number of aryl methyl sites for hydroxylation is 2. The average molecular weight is 542 g/mol. The van der Waals surface area contributed by atoms with Crippen LogP contribution in [-0.4, -0.2) is 44.2 Å². The number of unbranched alkanes of at least 4 members (excludes halogenated alkanes) is 2. The predicted octanol–water partition coefficient (Wildman–Crippen LogP) is 5.96. The molecule has 3 heterocycles. The van der Waals surface area contributed by atoms with Crippen LogP contribution in [0.15, 0.2) is 41.4 Å². The summed E-state index contributed by atoms with van der Waals surface area (Å²) < 4.78 is 47.7. The number of carbonyl (C=O) groups excluding carboxylic acids is 1. The number of rotatable bonds is 8. The highest BCUT2D eigenvalue weighted by molar-refractivity contribution is 6.06. The zero-order valence-electron chi connectivity index (χ0n) is 22.0. The van der Waals surface area contributed by atoms with Gasteiger partial charge in [0.15, 0.2) is 11.5 Å². The number of aromatic nitrogens is 4. The zero-order valence-corrected chi connectivity index (χ0v) is 22.0. The topological polar surface area (TPSA) is 110 Å². The Morgan fingerprint density at radius 1 is 1.15 bits per heavy atom. The molecule has 4 rings (SSSR count). The summed E-state index contributed by atoms with van der Waals surface area (Å²) in [5, 5.41) is 20.8. The summed E-state index contributed by atoms with van der Waals surface area (Å²) in [5.41, 5.74) is 1.74. The van der Waals surface area contributed by atoms with Gasteiger partial charge in [-0.2, -0.15) is 23.4 Å². The molecule has 206 valence electrons. The molecule has 0 amide bonds. The molecule has 0 saturated carbocycles. The third kappa shape index (κ3) is 6.27. The number of anilines is 1. The van der Waals surface area contributed by atoms with Crippen LogP contribution in [0.3, 0.4) is 0 Å². The molecule has 0 radical (unpaired) electrons. The molecular weight excluding hydrogens is 511 g/mol. The average Bonchev–Trinajstić information content (AvgIpc) is 3.45. The second-order valence-electron chi connectivity index (χ2n) is 9.04. The minimum Gasteiger partial charge on any atom is -0.461 e. The van der Waals surface area contributed by atoms with Crippen LogP contribution in [0.4, 0.5) is 19.0 Å². The van der Waals surface area contributed by atoms with Crippen molar-refractivity contribution in [2.75, 3.05) is 11.9 Å². The Hall–Kier alpha value is -4.22. The Kier molecular flexibility index (Phi) is 8.32. The number of nitrogens with zero attached hydrogens (tertiary/aromatic N) is 5. The highest BCUT2D eigenvalue weighted by Crippen LogP contribution is 2.34. The van der Waals surface area contributed by atoms with Crippen molar-refractivity contribution in [2.45, 2.75) is 59.2 Å². The van der Waals surface area contributed by atoms with Gasteiger partial charge in [0.05, 0.1) is 23.6 Å². The first-order valence-electron chi connectivity index (χ1n) is 12.7. The lowest BCUT2D eigenvalue weighted by atomic mass is 10.0. The molecule has 0 unspecified atom stereocenters. The van der Waals surface area contributed by atoms with Gasteiger partial charge in [0.2, 0.25) is 0 Å². The lowest BCUT2D eigenvalue weighted by Gasteiger charge is -2.11. The van der Waals surface area contributed by atoms with E-state index in [2.05, 4.69) is 22.3 Å². The fourth-order valence-corrected chi connectivity index (χ4v) is 4.26. The summed E-state index contributed by atoms with van der Waals surface area (Å²) in [5.74, 6) is 0.212. The van der Waals surface area contributed by atoms with Crippen molar-refractivity contribution in [2.24, 2.45) is 4.99 Å². The lowest BCUT2D eigenvalue weighted by molar-refractivity contribution is -0.137. The van der Waals surface area contributed by atoms with Gasteiger partial charge in [-0.05, 0) is 38.5 Å². The first kappa shape index (κ1) is 27.8. The molecule has 0 saturated heterocycles. The van der Waals surface area contributed by atoms with Gasteiger partial charge in [0.1, 0.15) is 11.7 Å². The van der Waals surface area contributed by atoms with Crippen LogP contribution < -0.4 is 5.32 Å².